The fourth-order valence-corrected chi connectivity index (χ4v) is 5.06. The molecule has 4 rings (SSSR count). The highest BCUT2D eigenvalue weighted by atomic mass is 14.6. The van der Waals surface area contributed by atoms with Crippen LogP contribution in [0.1, 0.15) is 42.0 Å². The van der Waals surface area contributed by atoms with Crippen LogP contribution in [0, 0.1) is 0 Å². The summed E-state index contributed by atoms with van der Waals surface area (Å²) in [5, 5.41) is 0. The van der Waals surface area contributed by atoms with Gasteiger partial charge in [-0.2, -0.15) is 0 Å². The largest absolute Gasteiger partial charge is 0.409 e. The van der Waals surface area contributed by atoms with Crippen molar-refractivity contribution in [1.82, 2.24) is 0 Å². The summed E-state index contributed by atoms with van der Waals surface area (Å²) in [5.41, 5.74) is 22.5. The summed E-state index contributed by atoms with van der Waals surface area (Å²) >= 11 is 0. The predicted molar refractivity (Wildman–Crippen MR) is 164 cm³/mol. The molecule has 0 amide bonds. The second-order valence-corrected chi connectivity index (χ2v) is 9.64. The topological polar surface area (TPSA) is 52.0 Å². The first-order valence-electron chi connectivity index (χ1n) is 13.4. The van der Waals surface area contributed by atoms with Gasteiger partial charge in [0.25, 0.3) is 0 Å². The maximum Gasteiger partial charge on any atom is 0.182 e. The summed E-state index contributed by atoms with van der Waals surface area (Å²) in [6.07, 6.45) is 3.21. The zero-order valence-corrected chi connectivity index (χ0v) is 21.8. The van der Waals surface area contributed by atoms with E-state index in [1.54, 1.807) is 0 Å². The molecule has 1 unspecified atom stereocenters. The minimum absolute atomic E-state index is 0.507. The van der Waals surface area contributed by atoms with Gasteiger partial charge in [0.1, 0.15) is 0 Å². The molecule has 1 atom stereocenters. The van der Waals surface area contributed by atoms with E-state index in [2.05, 4.69) is 104 Å². The van der Waals surface area contributed by atoms with Crippen LogP contribution in [0.25, 0.3) is 11.1 Å². The Morgan fingerprint density at radius 3 is 1.27 bits per heavy atom. The van der Waals surface area contributed by atoms with Crippen LogP contribution in [0.5, 0.6) is 0 Å². The lowest BCUT2D eigenvalue weighted by Gasteiger charge is -2.18. The summed E-state index contributed by atoms with van der Waals surface area (Å²) in [5.74, 6) is 0.507. The fourth-order valence-electron chi connectivity index (χ4n) is 5.06. The molecular formula is C33H36B2N2. The number of nitrogens with two attached hydrogens (primary N) is 2. The quantitative estimate of drug-likeness (QED) is 0.236. The van der Waals surface area contributed by atoms with Gasteiger partial charge < -0.3 is 11.5 Å². The Morgan fingerprint density at radius 2 is 0.919 bits per heavy atom. The summed E-state index contributed by atoms with van der Waals surface area (Å²) < 4.78 is 0. The molecule has 0 saturated heterocycles. The minimum atomic E-state index is 0.507. The van der Waals surface area contributed by atoms with E-state index in [1.807, 2.05) is 24.3 Å². The third kappa shape index (κ3) is 7.07. The average Bonchev–Trinajstić information content (AvgIpc) is 2.95. The van der Waals surface area contributed by atoms with E-state index < -0.39 is 0 Å². The van der Waals surface area contributed by atoms with E-state index in [0.29, 0.717) is 5.82 Å². The molecule has 4 N–H and O–H groups in total. The highest BCUT2D eigenvalue weighted by Gasteiger charge is 2.17. The monoisotopic (exact) mass is 482 g/mol. The predicted octanol–water partition coefficient (Wildman–Crippen LogP) is 6.62. The average molecular weight is 482 g/mol. The third-order valence-electron chi connectivity index (χ3n) is 7.04. The van der Waals surface area contributed by atoms with Gasteiger partial charge in [-0.05, 0) is 44.6 Å². The van der Waals surface area contributed by atoms with Gasteiger partial charge in [0.05, 0.1) is 0 Å². The molecule has 0 saturated carbocycles. The molecule has 0 fully saturated rings. The van der Waals surface area contributed by atoms with Gasteiger partial charge in [0, 0.05) is 0 Å². The molecule has 184 valence electrons. The van der Waals surface area contributed by atoms with Crippen molar-refractivity contribution in [2.45, 2.75) is 31.9 Å². The van der Waals surface area contributed by atoms with Gasteiger partial charge >= 0.3 is 0 Å². The lowest BCUT2D eigenvalue weighted by Crippen LogP contribution is -2.17. The Kier molecular flexibility index (Phi) is 9.48. The van der Waals surface area contributed by atoms with Crippen molar-refractivity contribution in [3.05, 3.63) is 155 Å². The molecule has 0 radical (unpaired) electrons. The Hall–Kier alpha value is -3.91. The molecule has 4 aromatic rings. The second kappa shape index (κ2) is 13.4. The maximum absolute atomic E-state index is 6.84. The first-order chi connectivity index (χ1) is 18.2. The molecule has 0 aliphatic rings. The standard InChI is InChI=1S/C33H36B2N2/c1-2-29(35-33(37)31(27-19-11-5-12-20-27)28-21-13-6-14-22-28)23-24-34-32(36)30(25-15-7-3-8-16-25)26-17-9-4-10-18-26/h3-22,29,34-35H,2,23-24,36-37H2,1H3. The summed E-state index contributed by atoms with van der Waals surface area (Å²) in [4.78, 5) is 0. The van der Waals surface area contributed by atoms with Gasteiger partial charge in [0.15, 0.2) is 14.6 Å². The molecule has 0 spiro atoms. The van der Waals surface area contributed by atoms with Crippen LogP contribution < -0.4 is 11.5 Å². The molecule has 4 aromatic carbocycles. The van der Waals surface area contributed by atoms with E-state index in [-0.39, 0.29) is 0 Å². The fraction of sp³-hybridized carbons (Fsp3) is 0.152. The third-order valence-corrected chi connectivity index (χ3v) is 7.04. The highest BCUT2D eigenvalue weighted by Crippen LogP contribution is 2.29. The van der Waals surface area contributed by atoms with Crippen molar-refractivity contribution < 1.29 is 0 Å². The van der Waals surface area contributed by atoms with Crippen LogP contribution >= 0.6 is 0 Å². The van der Waals surface area contributed by atoms with Crippen LogP contribution in [0.4, 0.5) is 0 Å². The number of hydrogen-bond acceptors (Lipinski definition) is 2. The Bertz CT molecular complexity index is 1220. The number of hydrogen-bond donors (Lipinski definition) is 2. The van der Waals surface area contributed by atoms with E-state index in [4.69, 9.17) is 11.5 Å². The van der Waals surface area contributed by atoms with Crippen molar-refractivity contribution in [2.24, 2.45) is 11.5 Å². The highest BCUT2D eigenvalue weighted by molar-refractivity contribution is 6.50. The van der Waals surface area contributed by atoms with Gasteiger partial charge in [-0.15, -0.1) is 0 Å². The molecule has 37 heavy (non-hydrogen) atoms. The first-order valence-corrected chi connectivity index (χ1v) is 13.4. The smallest absolute Gasteiger partial charge is 0.182 e. The van der Waals surface area contributed by atoms with Gasteiger partial charge in [-0.1, -0.05) is 153 Å². The van der Waals surface area contributed by atoms with Crippen molar-refractivity contribution in [3.8, 4) is 0 Å². The molecule has 0 heterocycles. The van der Waals surface area contributed by atoms with Crippen molar-refractivity contribution in [3.63, 3.8) is 0 Å². The minimum Gasteiger partial charge on any atom is -0.409 e. The van der Waals surface area contributed by atoms with Gasteiger partial charge in [-0.25, -0.2) is 0 Å². The SMILES string of the molecule is CCC(BC(N)=C(c1ccccc1)c1ccccc1)CCBC(N)=C(c1ccccc1)c1ccccc1. The zero-order chi connectivity index (χ0) is 25.9. The normalized spacial score (nSPS) is 11.3. The van der Waals surface area contributed by atoms with Crippen LogP contribution in [0.3, 0.4) is 0 Å². The Morgan fingerprint density at radius 1 is 0.568 bits per heavy atom. The van der Waals surface area contributed by atoms with Crippen LogP contribution in [-0.4, -0.2) is 14.6 Å². The summed E-state index contributed by atoms with van der Waals surface area (Å²) in [6, 6.07) is 42.0. The molecule has 0 aliphatic carbocycles. The van der Waals surface area contributed by atoms with Crippen LogP contribution in [0.2, 0.25) is 12.1 Å². The van der Waals surface area contributed by atoms with E-state index in [9.17, 15) is 0 Å². The molecule has 2 nitrogen and oxygen atoms in total. The Labute approximate surface area is 223 Å². The van der Waals surface area contributed by atoms with E-state index >= 15 is 0 Å². The summed E-state index contributed by atoms with van der Waals surface area (Å²) in [6.45, 7) is 2.27. The summed E-state index contributed by atoms with van der Waals surface area (Å²) in [7, 11) is 1.74. The Balaban J connectivity index is 1.51. The number of benzene rings is 4. The lowest BCUT2D eigenvalue weighted by molar-refractivity contribution is 0.758. The van der Waals surface area contributed by atoms with E-state index in [0.717, 1.165) is 56.1 Å². The van der Waals surface area contributed by atoms with E-state index in [1.165, 1.54) is 22.3 Å². The van der Waals surface area contributed by atoms with Gasteiger partial charge in [-0.3, -0.25) is 0 Å². The van der Waals surface area contributed by atoms with Crippen LogP contribution in [-0.2, 0) is 0 Å². The van der Waals surface area contributed by atoms with Crippen molar-refractivity contribution >= 4 is 25.7 Å². The van der Waals surface area contributed by atoms with Crippen molar-refractivity contribution in [1.29, 1.82) is 0 Å². The molecule has 0 aliphatic heterocycles. The van der Waals surface area contributed by atoms with Crippen LogP contribution in [0.15, 0.2) is 133 Å². The lowest BCUT2D eigenvalue weighted by atomic mass is 9.54. The molecule has 4 heteroatoms. The molecule has 0 bridgehead atoms. The zero-order valence-electron chi connectivity index (χ0n) is 21.8. The number of rotatable bonds is 11. The molecule has 0 aromatic heterocycles. The van der Waals surface area contributed by atoms with Crippen molar-refractivity contribution in [2.75, 3.05) is 0 Å². The molecular weight excluding hydrogens is 446 g/mol. The first kappa shape index (κ1) is 26.2. The maximum atomic E-state index is 6.84. The second-order valence-electron chi connectivity index (χ2n) is 9.64. The van der Waals surface area contributed by atoms with Gasteiger partial charge in [0.2, 0.25) is 0 Å².